The SMILES string of the molecule is CC1CCC(C(C)C)C(C(=O)C(=O)OO)C1. The van der Waals surface area contributed by atoms with Crippen molar-refractivity contribution in [1.29, 1.82) is 0 Å². The number of hydrogen-bond donors (Lipinski definition) is 1. The van der Waals surface area contributed by atoms with Gasteiger partial charge in [0.25, 0.3) is 0 Å². The third kappa shape index (κ3) is 2.82. The average Bonchev–Trinajstić information content (AvgIpc) is 2.26. The Morgan fingerprint density at radius 1 is 1.31 bits per heavy atom. The number of carbonyl (C=O) groups excluding carboxylic acids is 2. The highest BCUT2D eigenvalue weighted by molar-refractivity contribution is 6.34. The van der Waals surface area contributed by atoms with Crippen LogP contribution in [-0.4, -0.2) is 17.0 Å². The van der Waals surface area contributed by atoms with Gasteiger partial charge in [-0.25, -0.2) is 4.79 Å². The van der Waals surface area contributed by atoms with Crippen LogP contribution >= 0.6 is 0 Å². The lowest BCUT2D eigenvalue weighted by Gasteiger charge is -2.35. The van der Waals surface area contributed by atoms with Gasteiger partial charge in [0.05, 0.1) is 0 Å². The molecule has 1 rings (SSSR count). The molecule has 1 aliphatic rings. The van der Waals surface area contributed by atoms with E-state index >= 15 is 0 Å². The Kier molecular flexibility index (Phi) is 4.47. The molecule has 1 aliphatic carbocycles. The zero-order valence-corrected chi connectivity index (χ0v) is 10.1. The van der Waals surface area contributed by atoms with Crippen LogP contribution in [0.25, 0.3) is 0 Å². The van der Waals surface area contributed by atoms with Crippen LogP contribution in [0.2, 0.25) is 0 Å². The van der Waals surface area contributed by atoms with Gasteiger partial charge in [0, 0.05) is 5.92 Å². The summed E-state index contributed by atoms with van der Waals surface area (Å²) in [5.41, 5.74) is 0. The summed E-state index contributed by atoms with van der Waals surface area (Å²) in [4.78, 5) is 26.4. The van der Waals surface area contributed by atoms with Crippen LogP contribution in [0, 0.1) is 23.7 Å². The second-order valence-corrected chi connectivity index (χ2v) is 5.18. The summed E-state index contributed by atoms with van der Waals surface area (Å²) in [6, 6.07) is 0. The van der Waals surface area contributed by atoms with Crippen molar-refractivity contribution in [3.05, 3.63) is 0 Å². The van der Waals surface area contributed by atoms with Gasteiger partial charge in [0.1, 0.15) is 0 Å². The van der Waals surface area contributed by atoms with E-state index in [2.05, 4.69) is 25.7 Å². The van der Waals surface area contributed by atoms with Gasteiger partial charge in [0.2, 0.25) is 5.78 Å². The van der Waals surface area contributed by atoms with E-state index in [0.717, 1.165) is 19.3 Å². The number of Topliss-reactive ketones (excluding diaryl/α,β-unsaturated/α-hetero) is 1. The second kappa shape index (κ2) is 5.43. The first kappa shape index (κ1) is 13.2. The van der Waals surface area contributed by atoms with E-state index in [4.69, 9.17) is 5.26 Å². The summed E-state index contributed by atoms with van der Waals surface area (Å²) in [7, 11) is 0. The Morgan fingerprint density at radius 3 is 2.44 bits per heavy atom. The molecule has 0 heterocycles. The lowest BCUT2D eigenvalue weighted by Crippen LogP contribution is -2.37. The molecule has 0 amide bonds. The molecular formula is C12H20O4. The molecule has 0 saturated heterocycles. The molecule has 1 saturated carbocycles. The highest BCUT2D eigenvalue weighted by atomic mass is 17.1. The molecule has 16 heavy (non-hydrogen) atoms. The summed E-state index contributed by atoms with van der Waals surface area (Å²) in [5, 5.41) is 8.26. The summed E-state index contributed by atoms with van der Waals surface area (Å²) in [5.74, 6) is -0.938. The maximum atomic E-state index is 11.8. The van der Waals surface area contributed by atoms with Crippen LogP contribution in [-0.2, 0) is 14.5 Å². The minimum absolute atomic E-state index is 0.225. The van der Waals surface area contributed by atoms with Gasteiger partial charge in [-0.3, -0.25) is 9.68 Å². The van der Waals surface area contributed by atoms with Crippen molar-refractivity contribution < 1.29 is 19.7 Å². The van der Waals surface area contributed by atoms with Crippen molar-refractivity contribution in [1.82, 2.24) is 0 Å². The van der Waals surface area contributed by atoms with Crippen molar-refractivity contribution in [3.8, 4) is 0 Å². The molecule has 0 radical (unpaired) electrons. The Bertz CT molecular complexity index is 272. The standard InChI is InChI=1S/C12H20O4/c1-7(2)9-5-4-8(3)6-10(9)11(13)12(14)16-15/h7-10,15H,4-6H2,1-3H3. The normalized spacial score (nSPS) is 30.2. The maximum absolute atomic E-state index is 11.8. The second-order valence-electron chi connectivity index (χ2n) is 5.18. The molecule has 92 valence electrons. The monoisotopic (exact) mass is 228 g/mol. The molecule has 4 nitrogen and oxygen atoms in total. The van der Waals surface area contributed by atoms with E-state index in [1.165, 1.54) is 0 Å². The zero-order chi connectivity index (χ0) is 12.3. The quantitative estimate of drug-likeness (QED) is 0.457. The van der Waals surface area contributed by atoms with E-state index in [0.29, 0.717) is 11.8 Å². The van der Waals surface area contributed by atoms with Crippen molar-refractivity contribution >= 4 is 11.8 Å². The van der Waals surface area contributed by atoms with Crippen LogP contribution in [0.4, 0.5) is 0 Å². The fraction of sp³-hybridized carbons (Fsp3) is 0.833. The van der Waals surface area contributed by atoms with Crippen molar-refractivity contribution in [2.24, 2.45) is 23.7 Å². The number of ketones is 1. The minimum atomic E-state index is -1.12. The molecule has 0 aliphatic heterocycles. The first-order chi connectivity index (χ1) is 7.47. The number of hydrogen-bond acceptors (Lipinski definition) is 4. The maximum Gasteiger partial charge on any atom is 0.408 e. The van der Waals surface area contributed by atoms with Crippen molar-refractivity contribution in [2.45, 2.75) is 40.0 Å². The van der Waals surface area contributed by atoms with E-state index < -0.39 is 11.8 Å². The largest absolute Gasteiger partial charge is 0.408 e. The van der Waals surface area contributed by atoms with Gasteiger partial charge in [-0.15, -0.1) is 0 Å². The molecule has 1 N–H and O–H groups in total. The molecule has 0 aromatic rings. The summed E-state index contributed by atoms with van der Waals surface area (Å²) < 4.78 is 0. The fourth-order valence-corrected chi connectivity index (χ4v) is 2.70. The highest BCUT2D eigenvalue weighted by Gasteiger charge is 2.38. The van der Waals surface area contributed by atoms with Gasteiger partial charge in [0.15, 0.2) is 0 Å². The topological polar surface area (TPSA) is 63.6 Å². The first-order valence-electron chi connectivity index (χ1n) is 5.87. The summed E-state index contributed by atoms with van der Waals surface area (Å²) in [6.45, 7) is 6.21. The highest BCUT2D eigenvalue weighted by Crippen LogP contribution is 2.38. The average molecular weight is 228 g/mol. The minimum Gasteiger partial charge on any atom is -0.292 e. The van der Waals surface area contributed by atoms with E-state index in [1.807, 2.05) is 0 Å². The van der Waals surface area contributed by atoms with Gasteiger partial charge in [-0.1, -0.05) is 27.2 Å². The van der Waals surface area contributed by atoms with Crippen molar-refractivity contribution in [3.63, 3.8) is 0 Å². The first-order valence-corrected chi connectivity index (χ1v) is 5.87. The Labute approximate surface area is 95.9 Å². The predicted octanol–water partition coefficient (Wildman–Crippen LogP) is 2.28. The molecular weight excluding hydrogens is 208 g/mol. The van der Waals surface area contributed by atoms with Crippen LogP contribution in [0.15, 0.2) is 0 Å². The number of rotatable bonds is 3. The summed E-state index contributed by atoms with van der Waals surface area (Å²) >= 11 is 0. The molecule has 0 aromatic carbocycles. The van der Waals surface area contributed by atoms with Gasteiger partial charge in [-0.2, -0.15) is 5.26 Å². The summed E-state index contributed by atoms with van der Waals surface area (Å²) in [6.07, 6.45) is 2.78. The molecule has 0 aromatic heterocycles. The molecule has 1 fully saturated rings. The van der Waals surface area contributed by atoms with Gasteiger partial charge < -0.3 is 0 Å². The van der Waals surface area contributed by atoms with Gasteiger partial charge >= 0.3 is 5.97 Å². The predicted molar refractivity (Wildman–Crippen MR) is 58.6 cm³/mol. The third-order valence-electron chi connectivity index (χ3n) is 3.64. The lowest BCUT2D eigenvalue weighted by molar-refractivity contribution is -0.233. The molecule has 0 bridgehead atoms. The lowest BCUT2D eigenvalue weighted by atomic mass is 9.68. The van der Waals surface area contributed by atoms with Crippen LogP contribution in [0.5, 0.6) is 0 Å². The van der Waals surface area contributed by atoms with Crippen LogP contribution in [0.3, 0.4) is 0 Å². The smallest absolute Gasteiger partial charge is 0.292 e. The van der Waals surface area contributed by atoms with Crippen molar-refractivity contribution in [2.75, 3.05) is 0 Å². The van der Waals surface area contributed by atoms with E-state index in [9.17, 15) is 9.59 Å². The fourth-order valence-electron chi connectivity index (χ4n) is 2.70. The van der Waals surface area contributed by atoms with E-state index in [-0.39, 0.29) is 11.8 Å². The number of carbonyl (C=O) groups is 2. The Morgan fingerprint density at radius 2 is 1.94 bits per heavy atom. The Hall–Kier alpha value is -0.900. The van der Waals surface area contributed by atoms with Crippen LogP contribution in [0.1, 0.15) is 40.0 Å². The zero-order valence-electron chi connectivity index (χ0n) is 10.1. The molecule has 0 spiro atoms. The van der Waals surface area contributed by atoms with Gasteiger partial charge in [-0.05, 0) is 30.6 Å². The third-order valence-corrected chi connectivity index (χ3v) is 3.64. The Balaban J connectivity index is 2.78. The molecule has 3 unspecified atom stereocenters. The molecule has 4 heteroatoms. The molecule has 3 atom stereocenters. The van der Waals surface area contributed by atoms with E-state index in [1.54, 1.807) is 0 Å². The van der Waals surface area contributed by atoms with Crippen LogP contribution < -0.4 is 0 Å².